The van der Waals surface area contributed by atoms with Crippen molar-refractivity contribution in [2.45, 2.75) is 12.1 Å². The Bertz CT molecular complexity index is 1110. The first-order valence-electron chi connectivity index (χ1n) is 8.60. The lowest BCUT2D eigenvalue weighted by Gasteiger charge is -2.12. The predicted molar refractivity (Wildman–Crippen MR) is 110 cm³/mol. The fourth-order valence-electron chi connectivity index (χ4n) is 2.81. The van der Waals surface area contributed by atoms with E-state index in [1.54, 1.807) is 12.3 Å². The summed E-state index contributed by atoms with van der Waals surface area (Å²) in [5, 5.41) is 9.81. The summed E-state index contributed by atoms with van der Waals surface area (Å²) in [7, 11) is 0. The fourth-order valence-corrected chi connectivity index (χ4v) is 3.81. The molecule has 0 aliphatic rings. The zero-order valence-electron chi connectivity index (χ0n) is 15.0. The predicted octanol–water partition coefficient (Wildman–Crippen LogP) is 5.46. The number of hydrogen-bond donors (Lipinski definition) is 0. The van der Waals surface area contributed by atoms with Crippen LogP contribution in [-0.2, 0) is 0 Å². The third kappa shape index (κ3) is 3.74. The maximum atomic E-state index is 12.5. The second-order valence-corrected chi connectivity index (χ2v) is 7.51. The third-order valence-corrected chi connectivity index (χ3v) is 5.38. The van der Waals surface area contributed by atoms with Gasteiger partial charge >= 0.3 is 0 Å². The highest BCUT2D eigenvalue weighted by molar-refractivity contribution is 7.99. The van der Waals surface area contributed by atoms with Crippen molar-refractivity contribution >= 4 is 29.1 Å². The first kappa shape index (κ1) is 18.5. The fraction of sp³-hybridized carbons (Fsp3) is 0.0952. The number of hydrogen-bond acceptors (Lipinski definition) is 5. The summed E-state index contributed by atoms with van der Waals surface area (Å²) in [6.07, 6.45) is 1.59. The van der Waals surface area contributed by atoms with Crippen molar-refractivity contribution in [2.24, 2.45) is 0 Å². The smallest absolute Gasteiger partial charge is 0.205 e. The molecule has 0 aliphatic carbocycles. The summed E-state index contributed by atoms with van der Waals surface area (Å²) in [6.45, 7) is 1.99. The monoisotopic (exact) mass is 409 g/mol. The number of carbonyl (C=O) groups is 1. The van der Waals surface area contributed by atoms with Crippen LogP contribution in [0.15, 0.2) is 76.5 Å². The minimum absolute atomic E-state index is 0.0301. The van der Waals surface area contributed by atoms with Gasteiger partial charge in [-0.25, -0.2) is 0 Å². The number of aryl methyl sites for hydroxylation is 1. The van der Waals surface area contributed by atoms with E-state index in [4.69, 9.17) is 16.0 Å². The zero-order chi connectivity index (χ0) is 19.5. The maximum Gasteiger partial charge on any atom is 0.205 e. The van der Waals surface area contributed by atoms with Gasteiger partial charge in [-0.1, -0.05) is 59.8 Å². The minimum Gasteiger partial charge on any atom is -0.461 e. The summed E-state index contributed by atoms with van der Waals surface area (Å²) in [5.74, 6) is 1.43. The summed E-state index contributed by atoms with van der Waals surface area (Å²) >= 11 is 7.56. The number of carbonyl (C=O) groups excluding carboxylic acids is 1. The van der Waals surface area contributed by atoms with Gasteiger partial charge in [-0.15, -0.1) is 10.2 Å². The van der Waals surface area contributed by atoms with Crippen LogP contribution in [-0.4, -0.2) is 26.3 Å². The van der Waals surface area contributed by atoms with Crippen LogP contribution in [0.4, 0.5) is 0 Å². The van der Waals surface area contributed by atoms with E-state index in [1.165, 1.54) is 11.8 Å². The van der Waals surface area contributed by atoms with Gasteiger partial charge in [-0.05, 0) is 36.8 Å². The van der Waals surface area contributed by atoms with Gasteiger partial charge in [0.15, 0.2) is 16.7 Å². The van der Waals surface area contributed by atoms with Crippen LogP contribution in [0.5, 0.6) is 0 Å². The molecule has 5 nitrogen and oxygen atoms in total. The molecule has 0 saturated carbocycles. The Kier molecular flexibility index (Phi) is 5.32. The topological polar surface area (TPSA) is 60.9 Å². The van der Waals surface area contributed by atoms with Crippen molar-refractivity contribution in [2.75, 3.05) is 5.75 Å². The van der Waals surface area contributed by atoms with Crippen molar-refractivity contribution in [3.05, 3.63) is 83.1 Å². The van der Waals surface area contributed by atoms with Crippen LogP contribution in [0, 0.1) is 6.92 Å². The van der Waals surface area contributed by atoms with Crippen molar-refractivity contribution in [3.8, 4) is 17.3 Å². The lowest BCUT2D eigenvalue weighted by Crippen LogP contribution is -2.05. The Balaban J connectivity index is 1.72. The zero-order valence-corrected chi connectivity index (χ0v) is 16.6. The molecule has 0 saturated heterocycles. The second kappa shape index (κ2) is 8.04. The molecular formula is C21H16ClN3O2S. The van der Waals surface area contributed by atoms with Crippen molar-refractivity contribution in [1.82, 2.24) is 14.8 Å². The molecule has 4 aromatic rings. The van der Waals surface area contributed by atoms with Crippen LogP contribution < -0.4 is 0 Å². The molecule has 2 heterocycles. The van der Waals surface area contributed by atoms with Crippen molar-refractivity contribution < 1.29 is 9.21 Å². The quantitative estimate of drug-likeness (QED) is 0.312. The Labute approximate surface area is 171 Å². The molecule has 2 aromatic heterocycles. The third-order valence-electron chi connectivity index (χ3n) is 4.22. The molecule has 0 spiro atoms. The number of benzene rings is 2. The van der Waals surface area contributed by atoms with Gasteiger partial charge in [-0.3, -0.25) is 9.36 Å². The molecule has 0 radical (unpaired) electrons. The number of furan rings is 1. The molecule has 0 unspecified atom stereocenters. The summed E-state index contributed by atoms with van der Waals surface area (Å²) < 4.78 is 7.41. The van der Waals surface area contributed by atoms with Crippen LogP contribution in [0.25, 0.3) is 17.3 Å². The first-order chi connectivity index (χ1) is 13.6. The lowest BCUT2D eigenvalue weighted by atomic mass is 10.2. The molecule has 0 N–H and O–H groups in total. The Morgan fingerprint density at radius 1 is 1.11 bits per heavy atom. The van der Waals surface area contributed by atoms with E-state index in [1.807, 2.05) is 66.1 Å². The van der Waals surface area contributed by atoms with Crippen LogP contribution in [0.3, 0.4) is 0 Å². The molecule has 0 atom stereocenters. The first-order valence-corrected chi connectivity index (χ1v) is 9.96. The Hall–Kier alpha value is -2.83. The summed E-state index contributed by atoms with van der Waals surface area (Å²) in [4.78, 5) is 12.5. The molecule has 7 heteroatoms. The highest BCUT2D eigenvalue weighted by atomic mass is 35.5. The Morgan fingerprint density at radius 2 is 1.93 bits per heavy atom. The standard InChI is InChI=1S/C21H16ClN3O2S/c1-14-9-10-16(22)12-17(14)25-20(19-8-5-11-27-19)23-24-21(25)28-13-18(26)15-6-3-2-4-7-15/h2-12H,13H2,1H3. The minimum atomic E-state index is 0.0301. The van der Waals surface area contributed by atoms with E-state index in [0.717, 1.165) is 11.3 Å². The van der Waals surface area contributed by atoms with Gasteiger partial charge in [0.2, 0.25) is 5.82 Å². The van der Waals surface area contributed by atoms with Gasteiger partial charge in [0.05, 0.1) is 17.7 Å². The molecule has 0 bridgehead atoms. The van der Waals surface area contributed by atoms with Crippen molar-refractivity contribution in [3.63, 3.8) is 0 Å². The highest BCUT2D eigenvalue weighted by Crippen LogP contribution is 2.31. The SMILES string of the molecule is Cc1ccc(Cl)cc1-n1c(SCC(=O)c2ccccc2)nnc1-c1ccco1. The molecule has 0 amide bonds. The molecule has 0 fully saturated rings. The number of nitrogens with zero attached hydrogens (tertiary/aromatic N) is 3. The molecule has 140 valence electrons. The van der Waals surface area contributed by atoms with Gasteiger partial charge in [-0.2, -0.15) is 0 Å². The molecular weight excluding hydrogens is 394 g/mol. The van der Waals surface area contributed by atoms with Gasteiger partial charge in [0.1, 0.15) is 0 Å². The number of thioether (sulfide) groups is 1. The van der Waals surface area contributed by atoms with E-state index in [-0.39, 0.29) is 11.5 Å². The van der Waals surface area contributed by atoms with E-state index in [0.29, 0.717) is 27.3 Å². The van der Waals surface area contributed by atoms with E-state index >= 15 is 0 Å². The van der Waals surface area contributed by atoms with E-state index < -0.39 is 0 Å². The molecule has 0 aliphatic heterocycles. The van der Waals surface area contributed by atoms with E-state index in [2.05, 4.69) is 10.2 Å². The number of halogens is 1. The largest absolute Gasteiger partial charge is 0.461 e. The number of Topliss-reactive ketones (excluding diaryl/α,β-unsaturated/α-hetero) is 1. The highest BCUT2D eigenvalue weighted by Gasteiger charge is 2.20. The van der Waals surface area contributed by atoms with Gasteiger partial charge in [0, 0.05) is 10.6 Å². The maximum absolute atomic E-state index is 12.5. The average molecular weight is 410 g/mol. The van der Waals surface area contributed by atoms with Gasteiger partial charge in [0.25, 0.3) is 0 Å². The van der Waals surface area contributed by atoms with Crippen LogP contribution >= 0.6 is 23.4 Å². The molecule has 28 heavy (non-hydrogen) atoms. The normalized spacial score (nSPS) is 10.9. The second-order valence-electron chi connectivity index (χ2n) is 6.13. The Morgan fingerprint density at radius 3 is 2.68 bits per heavy atom. The van der Waals surface area contributed by atoms with Crippen LogP contribution in [0.2, 0.25) is 5.02 Å². The van der Waals surface area contributed by atoms with Crippen LogP contribution in [0.1, 0.15) is 15.9 Å². The van der Waals surface area contributed by atoms with E-state index in [9.17, 15) is 4.79 Å². The number of rotatable bonds is 6. The molecule has 2 aromatic carbocycles. The lowest BCUT2D eigenvalue weighted by molar-refractivity contribution is 0.102. The summed E-state index contributed by atoms with van der Waals surface area (Å²) in [5.41, 5.74) is 2.53. The summed E-state index contributed by atoms with van der Waals surface area (Å²) in [6, 6.07) is 18.5. The number of aromatic nitrogens is 3. The molecule has 4 rings (SSSR count). The van der Waals surface area contributed by atoms with Gasteiger partial charge < -0.3 is 4.42 Å². The average Bonchev–Trinajstić information content (AvgIpc) is 3.38. The number of ketones is 1. The van der Waals surface area contributed by atoms with Crippen molar-refractivity contribution in [1.29, 1.82) is 0 Å².